The van der Waals surface area contributed by atoms with Crippen molar-refractivity contribution in [3.8, 4) is 11.5 Å². The van der Waals surface area contributed by atoms with Crippen LogP contribution in [0.3, 0.4) is 0 Å². The lowest BCUT2D eigenvalue weighted by atomic mass is 9.94. The Morgan fingerprint density at radius 3 is 2.32 bits per heavy atom. The molecule has 3 rings (SSSR count). The molecule has 2 aliphatic heterocycles. The second-order valence-electron chi connectivity index (χ2n) is 7.31. The van der Waals surface area contributed by atoms with Crippen molar-refractivity contribution in [2.45, 2.75) is 20.8 Å². The summed E-state index contributed by atoms with van der Waals surface area (Å²) >= 11 is 0. The maximum atomic E-state index is 12.4. The molecule has 2 heterocycles. The minimum absolute atomic E-state index is 0.0412. The highest BCUT2D eigenvalue weighted by molar-refractivity contribution is 5.92. The molecule has 0 aliphatic carbocycles. The molecule has 134 valence electrons. The van der Waals surface area contributed by atoms with Gasteiger partial charge < -0.3 is 19.3 Å². The third-order valence-corrected chi connectivity index (χ3v) is 4.34. The first-order chi connectivity index (χ1) is 11.8. The number of ether oxygens (including phenoxy) is 2. The highest BCUT2D eigenvalue weighted by atomic mass is 16.7. The van der Waals surface area contributed by atoms with Gasteiger partial charge in [0.05, 0.1) is 0 Å². The van der Waals surface area contributed by atoms with Crippen LogP contribution in [0.4, 0.5) is 0 Å². The maximum absolute atomic E-state index is 12.4. The number of nitrogens with zero attached hydrogens (tertiary/aromatic N) is 2. The Balaban J connectivity index is 1.55. The standard InChI is InChI=1S/C19H24N2O4/c1-19(2,3)18(23)21-10-8-20(9-11-21)17(22)7-5-14-4-6-15-16(12-14)25-13-24-15/h4-7,12H,8-11,13H2,1-3H3/b7-5+. The van der Waals surface area contributed by atoms with Crippen molar-refractivity contribution in [3.63, 3.8) is 0 Å². The van der Waals surface area contributed by atoms with E-state index in [1.807, 2.05) is 43.9 Å². The number of carbonyl (C=O) groups is 2. The Kier molecular flexibility index (Phi) is 4.70. The van der Waals surface area contributed by atoms with E-state index in [0.717, 1.165) is 11.3 Å². The average molecular weight is 344 g/mol. The lowest BCUT2D eigenvalue weighted by molar-refractivity contribution is -0.143. The van der Waals surface area contributed by atoms with Gasteiger partial charge in [-0.15, -0.1) is 0 Å². The molecule has 0 bridgehead atoms. The number of fused-ring (bicyclic) bond motifs is 1. The average Bonchev–Trinajstić information content (AvgIpc) is 3.06. The van der Waals surface area contributed by atoms with E-state index < -0.39 is 0 Å². The number of carbonyl (C=O) groups excluding carboxylic acids is 2. The van der Waals surface area contributed by atoms with Crippen LogP contribution < -0.4 is 9.47 Å². The molecule has 0 saturated carbocycles. The second kappa shape index (κ2) is 6.78. The summed E-state index contributed by atoms with van der Waals surface area (Å²) in [6.07, 6.45) is 3.34. The van der Waals surface area contributed by atoms with Crippen LogP contribution in [0, 0.1) is 5.41 Å². The first kappa shape index (κ1) is 17.3. The fourth-order valence-electron chi connectivity index (χ4n) is 2.89. The molecule has 1 aromatic rings. The molecule has 0 spiro atoms. The van der Waals surface area contributed by atoms with Crippen molar-refractivity contribution < 1.29 is 19.1 Å². The molecular weight excluding hydrogens is 320 g/mol. The van der Waals surface area contributed by atoms with Gasteiger partial charge in [0.25, 0.3) is 0 Å². The van der Waals surface area contributed by atoms with Crippen LogP contribution in [0.2, 0.25) is 0 Å². The number of hydrogen-bond acceptors (Lipinski definition) is 4. The molecule has 0 N–H and O–H groups in total. The molecule has 0 atom stereocenters. The lowest BCUT2D eigenvalue weighted by Gasteiger charge is -2.37. The lowest BCUT2D eigenvalue weighted by Crippen LogP contribution is -2.52. The van der Waals surface area contributed by atoms with E-state index >= 15 is 0 Å². The Morgan fingerprint density at radius 2 is 1.64 bits per heavy atom. The summed E-state index contributed by atoms with van der Waals surface area (Å²) in [5.41, 5.74) is 0.505. The first-order valence-electron chi connectivity index (χ1n) is 8.50. The molecule has 6 heteroatoms. The van der Waals surface area contributed by atoms with E-state index in [4.69, 9.17) is 9.47 Å². The summed E-state index contributed by atoms with van der Waals surface area (Å²) in [5.74, 6) is 1.52. The van der Waals surface area contributed by atoms with E-state index in [1.54, 1.807) is 17.1 Å². The molecule has 0 aromatic heterocycles. The van der Waals surface area contributed by atoms with Crippen molar-refractivity contribution >= 4 is 17.9 Å². The smallest absolute Gasteiger partial charge is 0.246 e. The summed E-state index contributed by atoms with van der Waals surface area (Å²) in [7, 11) is 0. The molecule has 0 radical (unpaired) electrons. The van der Waals surface area contributed by atoms with Gasteiger partial charge in [0.2, 0.25) is 18.6 Å². The molecule has 2 amide bonds. The van der Waals surface area contributed by atoms with Crippen LogP contribution in [0.15, 0.2) is 24.3 Å². The van der Waals surface area contributed by atoms with Crippen LogP contribution >= 0.6 is 0 Å². The predicted molar refractivity (Wildman–Crippen MR) is 94.2 cm³/mol. The molecule has 25 heavy (non-hydrogen) atoms. The van der Waals surface area contributed by atoms with Crippen LogP contribution in [-0.4, -0.2) is 54.6 Å². The zero-order valence-electron chi connectivity index (χ0n) is 14.9. The van der Waals surface area contributed by atoms with Gasteiger partial charge in [-0.25, -0.2) is 0 Å². The summed E-state index contributed by atoms with van der Waals surface area (Å²) in [4.78, 5) is 28.3. The topological polar surface area (TPSA) is 59.1 Å². The number of rotatable bonds is 2. The first-order valence-corrected chi connectivity index (χ1v) is 8.50. The Bertz CT molecular complexity index is 698. The van der Waals surface area contributed by atoms with Gasteiger partial charge in [-0.1, -0.05) is 26.8 Å². The van der Waals surface area contributed by atoms with Crippen LogP contribution in [0.1, 0.15) is 26.3 Å². The van der Waals surface area contributed by atoms with E-state index in [1.165, 1.54) is 0 Å². The van der Waals surface area contributed by atoms with Gasteiger partial charge in [0, 0.05) is 37.7 Å². The van der Waals surface area contributed by atoms with Crippen molar-refractivity contribution in [2.75, 3.05) is 33.0 Å². The summed E-state index contributed by atoms with van der Waals surface area (Å²) in [6, 6.07) is 5.58. The molecule has 1 aromatic carbocycles. The number of hydrogen-bond donors (Lipinski definition) is 0. The van der Waals surface area contributed by atoms with E-state index in [9.17, 15) is 9.59 Å². The minimum atomic E-state index is -0.383. The van der Waals surface area contributed by atoms with Gasteiger partial charge >= 0.3 is 0 Å². The summed E-state index contributed by atoms with van der Waals surface area (Å²) in [5, 5.41) is 0. The third-order valence-electron chi connectivity index (χ3n) is 4.34. The molecule has 1 fully saturated rings. The quantitative estimate of drug-likeness (QED) is 0.772. The summed E-state index contributed by atoms with van der Waals surface area (Å²) in [6.45, 7) is 8.28. The van der Waals surface area contributed by atoms with E-state index in [-0.39, 0.29) is 24.0 Å². The van der Waals surface area contributed by atoms with Crippen molar-refractivity contribution in [3.05, 3.63) is 29.8 Å². The number of benzene rings is 1. The number of piperazine rings is 1. The zero-order valence-corrected chi connectivity index (χ0v) is 14.9. The third kappa shape index (κ3) is 3.95. The molecule has 1 saturated heterocycles. The van der Waals surface area contributed by atoms with Crippen LogP contribution in [-0.2, 0) is 9.59 Å². The Labute approximate surface area is 148 Å². The molecule has 2 aliphatic rings. The maximum Gasteiger partial charge on any atom is 0.246 e. The van der Waals surface area contributed by atoms with Gasteiger partial charge in [-0.2, -0.15) is 0 Å². The van der Waals surface area contributed by atoms with Crippen LogP contribution in [0.25, 0.3) is 6.08 Å². The van der Waals surface area contributed by atoms with Crippen molar-refractivity contribution in [1.82, 2.24) is 9.80 Å². The zero-order chi connectivity index (χ0) is 18.0. The summed E-state index contributed by atoms with van der Waals surface area (Å²) < 4.78 is 10.6. The molecule has 6 nitrogen and oxygen atoms in total. The minimum Gasteiger partial charge on any atom is -0.454 e. The highest BCUT2D eigenvalue weighted by Gasteiger charge is 2.30. The van der Waals surface area contributed by atoms with Gasteiger partial charge in [0.15, 0.2) is 11.5 Å². The largest absolute Gasteiger partial charge is 0.454 e. The number of amides is 2. The van der Waals surface area contributed by atoms with Gasteiger partial charge in [-0.3, -0.25) is 9.59 Å². The highest BCUT2D eigenvalue weighted by Crippen LogP contribution is 2.32. The Morgan fingerprint density at radius 1 is 1.00 bits per heavy atom. The fourth-order valence-corrected chi connectivity index (χ4v) is 2.89. The second-order valence-corrected chi connectivity index (χ2v) is 7.31. The monoisotopic (exact) mass is 344 g/mol. The van der Waals surface area contributed by atoms with Crippen LogP contribution in [0.5, 0.6) is 11.5 Å². The normalized spacial score (nSPS) is 17.2. The Hall–Kier alpha value is -2.50. The van der Waals surface area contributed by atoms with Gasteiger partial charge in [0.1, 0.15) is 0 Å². The van der Waals surface area contributed by atoms with E-state index in [2.05, 4.69) is 0 Å². The van der Waals surface area contributed by atoms with E-state index in [0.29, 0.717) is 31.9 Å². The van der Waals surface area contributed by atoms with Crippen molar-refractivity contribution in [1.29, 1.82) is 0 Å². The van der Waals surface area contributed by atoms with Crippen molar-refractivity contribution in [2.24, 2.45) is 5.41 Å². The predicted octanol–water partition coefficient (Wildman–Crippen LogP) is 2.15. The SMILES string of the molecule is CC(C)(C)C(=O)N1CCN(C(=O)/C=C/c2ccc3c(c2)OCO3)CC1. The van der Waals surface area contributed by atoms with Gasteiger partial charge in [-0.05, 0) is 23.8 Å². The molecule has 0 unspecified atom stereocenters. The fraction of sp³-hybridized carbons (Fsp3) is 0.474. The molecular formula is C19H24N2O4.